The van der Waals surface area contributed by atoms with Crippen LogP contribution < -0.4 is 26.0 Å². The highest BCUT2D eigenvalue weighted by Gasteiger charge is 2.45. The highest BCUT2D eigenvalue weighted by atomic mass is 16.5. The van der Waals surface area contributed by atoms with Gasteiger partial charge in [0, 0.05) is 46.6 Å². The van der Waals surface area contributed by atoms with Crippen molar-refractivity contribution in [3.8, 4) is 5.75 Å². The first kappa shape index (κ1) is 61.0. The van der Waals surface area contributed by atoms with Gasteiger partial charge < -0.3 is 50.3 Å². The monoisotopic (exact) mass is 999 g/mol. The van der Waals surface area contributed by atoms with Crippen LogP contribution in [0.15, 0.2) is 24.3 Å². The fourth-order valence-corrected chi connectivity index (χ4v) is 8.40. The maximum atomic E-state index is 14.6. The summed E-state index contributed by atoms with van der Waals surface area (Å²) in [5.74, 6) is -8.41. The van der Waals surface area contributed by atoms with Crippen LogP contribution in [-0.4, -0.2) is 169 Å². The first-order chi connectivity index (χ1) is 33.0. The topological polar surface area (TPSA) is 250 Å². The first-order valence-electron chi connectivity index (χ1n) is 24.6. The summed E-state index contributed by atoms with van der Waals surface area (Å²) in [5.41, 5.74) is -1.15. The number of cyclic esters (lactones) is 1. The lowest BCUT2D eigenvalue weighted by molar-refractivity contribution is -0.164. The van der Waals surface area contributed by atoms with Crippen LogP contribution >= 0.6 is 0 Å². The zero-order chi connectivity index (χ0) is 54.4. The number of hydrogen-bond acceptors (Lipinski definition) is 12. The van der Waals surface area contributed by atoms with Gasteiger partial charge >= 0.3 is 5.97 Å². The molecule has 20 heteroatoms. The maximum Gasteiger partial charge on any atom is 0.311 e. The molecule has 2 rings (SSSR count). The van der Waals surface area contributed by atoms with E-state index < -0.39 is 138 Å². The number of rotatable bonds is 9. The van der Waals surface area contributed by atoms with Crippen molar-refractivity contribution in [3.05, 3.63) is 29.8 Å². The molecule has 1 heterocycles. The Balaban J connectivity index is 2.72. The van der Waals surface area contributed by atoms with Crippen molar-refractivity contribution in [1.82, 2.24) is 40.9 Å². The molecule has 398 valence electrons. The Bertz CT molecular complexity index is 2080. The summed E-state index contributed by atoms with van der Waals surface area (Å²) < 4.78 is 11.1. The summed E-state index contributed by atoms with van der Waals surface area (Å²) in [5, 5.41) is 10.7. The Morgan fingerprint density at radius 1 is 0.704 bits per heavy atom. The van der Waals surface area contributed by atoms with Crippen LogP contribution in [0.5, 0.6) is 5.75 Å². The van der Waals surface area contributed by atoms with E-state index in [-0.39, 0.29) is 25.2 Å². The number of benzene rings is 1. The predicted molar refractivity (Wildman–Crippen MR) is 266 cm³/mol. The number of carbonyl (C=O) groups is 10. The van der Waals surface area contributed by atoms with Crippen molar-refractivity contribution in [2.45, 2.75) is 151 Å². The minimum Gasteiger partial charge on any atom is -0.497 e. The van der Waals surface area contributed by atoms with Gasteiger partial charge in [-0.2, -0.15) is 0 Å². The van der Waals surface area contributed by atoms with E-state index in [1.54, 1.807) is 58.9 Å². The number of carbonyl (C=O) groups excluding carboxylic acids is 10. The van der Waals surface area contributed by atoms with Crippen LogP contribution in [0, 0.1) is 29.1 Å². The number of ketones is 1. The lowest BCUT2D eigenvalue weighted by Crippen LogP contribution is -2.60. The van der Waals surface area contributed by atoms with Crippen LogP contribution in [0.2, 0.25) is 0 Å². The van der Waals surface area contributed by atoms with E-state index in [9.17, 15) is 47.9 Å². The van der Waals surface area contributed by atoms with Crippen molar-refractivity contribution >= 4 is 59.0 Å². The van der Waals surface area contributed by atoms with Gasteiger partial charge in [0.25, 0.3) is 5.91 Å². The molecule has 4 N–H and O–H groups in total. The number of Topliss-reactive ketones (excluding diaryl/α,β-unsaturated/α-hetero) is 1. The highest BCUT2D eigenvalue weighted by Crippen LogP contribution is 2.25. The minimum absolute atomic E-state index is 0.0319. The van der Waals surface area contributed by atoms with Crippen LogP contribution in [0.4, 0.5) is 0 Å². The Morgan fingerprint density at radius 3 is 1.76 bits per heavy atom. The summed E-state index contributed by atoms with van der Waals surface area (Å²) in [6, 6.07) is 0.125. The van der Waals surface area contributed by atoms with Crippen molar-refractivity contribution < 1.29 is 57.4 Å². The fraction of sp³-hybridized carbons (Fsp3) is 0.686. The van der Waals surface area contributed by atoms with Gasteiger partial charge in [-0.25, -0.2) is 0 Å². The standard InChI is InChI=1S/C51H82N8O12/c1-18-30(7)42-47(66)53-26-39(60)57(14)37(24-28(3)4)45(64)52-27-40(61)59(16)41(29(5)6)48(67)58(15)38(25-34-20-22-35(70-17)23-21-34)46(65)54-32(9)43(62)51(11,12)50(69)56(13)33(10)44(63)55-36(19-2)31(8)49(68)71-42/h20-23,28-33,36-38,41-42H,18-19,24-27H2,1-17H3,(H,52,64)(H,53,66)(H,54,65)(H,55,63)/t30?,31-,32-,33-,36?,37-,38?,41-,42?/m0/s1. The molecule has 0 radical (unpaired) electrons. The molecule has 1 aliphatic heterocycles. The number of ether oxygens (including phenoxy) is 2. The third-order valence-corrected chi connectivity index (χ3v) is 13.7. The zero-order valence-corrected chi connectivity index (χ0v) is 45.1. The van der Waals surface area contributed by atoms with Gasteiger partial charge in [0.1, 0.15) is 35.3 Å². The molecule has 1 fully saturated rings. The van der Waals surface area contributed by atoms with Crippen LogP contribution in [0.3, 0.4) is 0 Å². The maximum absolute atomic E-state index is 14.6. The Morgan fingerprint density at radius 2 is 1.25 bits per heavy atom. The molecule has 0 bridgehead atoms. The van der Waals surface area contributed by atoms with E-state index in [1.165, 1.54) is 84.6 Å². The molecule has 0 saturated carbocycles. The smallest absolute Gasteiger partial charge is 0.311 e. The average Bonchev–Trinajstić information content (AvgIpc) is 3.33. The van der Waals surface area contributed by atoms with E-state index in [0.29, 0.717) is 17.7 Å². The van der Waals surface area contributed by atoms with Crippen molar-refractivity contribution in [3.63, 3.8) is 0 Å². The third kappa shape index (κ3) is 16.0. The minimum atomic E-state index is -1.79. The third-order valence-electron chi connectivity index (χ3n) is 13.7. The molecule has 8 amide bonds. The SMILES string of the molecule is CCC(C)C1OC(=O)[C@@H](C)C(CC)NC(=O)[C@H](C)N(C)C(=O)C(C)(C)C(=O)[C@H](C)NC(=O)C(Cc2ccc(OC)cc2)N(C)C(=O)[C@H](C(C)C)N(C)C(=O)CNC(=O)[C@H](CC(C)C)N(C)C(=O)CNC1=O. The number of methoxy groups -OCH3 is 1. The zero-order valence-electron chi connectivity index (χ0n) is 45.1. The molecule has 4 unspecified atom stereocenters. The van der Waals surface area contributed by atoms with Gasteiger partial charge in [0.2, 0.25) is 41.4 Å². The molecule has 1 aromatic rings. The average molecular weight is 999 g/mol. The van der Waals surface area contributed by atoms with E-state index in [0.717, 1.165) is 4.90 Å². The molecular formula is C51H82N8O12. The largest absolute Gasteiger partial charge is 0.497 e. The van der Waals surface area contributed by atoms with E-state index in [1.807, 2.05) is 13.8 Å². The quantitative estimate of drug-likeness (QED) is 0.205. The summed E-state index contributed by atoms with van der Waals surface area (Å²) >= 11 is 0. The summed E-state index contributed by atoms with van der Waals surface area (Å²) in [4.78, 5) is 145. The molecule has 1 saturated heterocycles. The molecule has 20 nitrogen and oxygen atoms in total. The second-order valence-corrected chi connectivity index (χ2v) is 20.2. The van der Waals surface area contributed by atoms with Crippen LogP contribution in [0.25, 0.3) is 0 Å². The highest BCUT2D eigenvalue weighted by molar-refractivity contribution is 6.09. The lowest BCUT2D eigenvalue weighted by atomic mass is 9.82. The van der Waals surface area contributed by atoms with E-state index in [2.05, 4.69) is 21.3 Å². The van der Waals surface area contributed by atoms with E-state index >= 15 is 0 Å². The number of nitrogens with one attached hydrogen (secondary N) is 4. The van der Waals surface area contributed by atoms with Crippen molar-refractivity contribution in [1.29, 1.82) is 0 Å². The first-order valence-corrected chi connectivity index (χ1v) is 24.6. The Labute approximate surface area is 420 Å². The van der Waals surface area contributed by atoms with Crippen molar-refractivity contribution in [2.24, 2.45) is 29.1 Å². The summed E-state index contributed by atoms with van der Waals surface area (Å²) in [6.07, 6.45) is -0.495. The molecular weight excluding hydrogens is 917 g/mol. The Hall–Kier alpha value is -6.08. The number of hydrogen-bond donors (Lipinski definition) is 4. The van der Waals surface area contributed by atoms with Crippen LogP contribution in [-0.2, 0) is 59.1 Å². The molecule has 0 spiro atoms. The molecule has 71 heavy (non-hydrogen) atoms. The summed E-state index contributed by atoms with van der Waals surface area (Å²) in [7, 11) is 7.09. The molecule has 1 aliphatic rings. The van der Waals surface area contributed by atoms with Gasteiger partial charge in [-0.3, -0.25) is 47.9 Å². The Kier molecular flexibility index (Phi) is 23.2. The van der Waals surface area contributed by atoms with Gasteiger partial charge in [-0.15, -0.1) is 0 Å². The number of nitrogens with zero attached hydrogens (tertiary/aromatic N) is 4. The fourth-order valence-electron chi connectivity index (χ4n) is 8.40. The molecule has 9 atom stereocenters. The second kappa shape index (κ2) is 26.9. The second-order valence-electron chi connectivity index (χ2n) is 20.2. The van der Waals surface area contributed by atoms with E-state index in [4.69, 9.17) is 9.47 Å². The number of amides is 8. The predicted octanol–water partition coefficient (Wildman–Crippen LogP) is 2.10. The summed E-state index contributed by atoms with van der Waals surface area (Å²) in [6.45, 7) is 18.5. The number of esters is 1. The normalized spacial score (nSPS) is 26.7. The molecule has 0 aromatic heterocycles. The molecule has 0 aliphatic carbocycles. The van der Waals surface area contributed by atoms with Gasteiger partial charge in [-0.05, 0) is 83.4 Å². The molecule has 1 aromatic carbocycles. The van der Waals surface area contributed by atoms with Gasteiger partial charge in [-0.1, -0.05) is 60.6 Å². The van der Waals surface area contributed by atoms with Gasteiger partial charge in [0.15, 0.2) is 11.9 Å². The lowest BCUT2D eigenvalue weighted by Gasteiger charge is -2.37. The van der Waals surface area contributed by atoms with Gasteiger partial charge in [0.05, 0.1) is 32.2 Å². The van der Waals surface area contributed by atoms with Crippen molar-refractivity contribution in [2.75, 3.05) is 48.4 Å². The number of likely N-dealkylation sites (N-methyl/N-ethyl adjacent to an activating group) is 4. The van der Waals surface area contributed by atoms with Crippen LogP contribution in [0.1, 0.15) is 108 Å².